The smallest absolute Gasteiger partial charge is 0.254 e. The molecule has 2 heterocycles. The highest BCUT2D eigenvalue weighted by Gasteiger charge is 2.64. The molecule has 128 valence electrons. The topological polar surface area (TPSA) is 89.7 Å². The molecule has 2 aliphatic heterocycles. The highest BCUT2D eigenvalue weighted by molar-refractivity contribution is 6.42. The predicted molar refractivity (Wildman–Crippen MR) is 87.8 cm³/mol. The molecule has 1 aromatic carbocycles. The lowest BCUT2D eigenvalue weighted by Gasteiger charge is -2.32. The van der Waals surface area contributed by atoms with Crippen LogP contribution in [-0.4, -0.2) is 47.3 Å². The Bertz CT molecular complexity index is 724. The molecule has 8 heteroatoms. The zero-order valence-corrected chi connectivity index (χ0v) is 14.3. The second-order valence-electron chi connectivity index (χ2n) is 5.94. The summed E-state index contributed by atoms with van der Waals surface area (Å²) >= 11 is 11.8. The first-order valence-electron chi connectivity index (χ1n) is 7.56. The van der Waals surface area contributed by atoms with Gasteiger partial charge in [0.2, 0.25) is 11.4 Å². The van der Waals surface area contributed by atoms with Crippen molar-refractivity contribution in [3.8, 4) is 0 Å². The molecule has 1 aromatic rings. The summed E-state index contributed by atoms with van der Waals surface area (Å²) in [6.07, 6.45) is 0.331. The number of aryl methyl sites for hydroxylation is 1. The van der Waals surface area contributed by atoms with Gasteiger partial charge in [0, 0.05) is 13.0 Å². The Morgan fingerprint density at radius 1 is 1.33 bits per heavy atom. The average molecular weight is 371 g/mol. The van der Waals surface area contributed by atoms with E-state index in [0.29, 0.717) is 22.9 Å². The van der Waals surface area contributed by atoms with Crippen LogP contribution in [0.3, 0.4) is 0 Å². The van der Waals surface area contributed by atoms with Gasteiger partial charge in [-0.2, -0.15) is 0 Å². The third kappa shape index (κ3) is 2.59. The van der Waals surface area contributed by atoms with E-state index in [-0.39, 0.29) is 25.5 Å². The molecule has 0 saturated carbocycles. The second kappa shape index (κ2) is 6.35. The van der Waals surface area contributed by atoms with Gasteiger partial charge in [0.1, 0.15) is 6.61 Å². The fraction of sp³-hybridized carbons (Fsp3) is 0.438. The first-order valence-corrected chi connectivity index (χ1v) is 8.32. The van der Waals surface area contributed by atoms with Crippen molar-refractivity contribution in [3.63, 3.8) is 0 Å². The molecule has 0 aromatic heterocycles. The minimum absolute atomic E-state index is 0.132. The number of rotatable bonds is 4. The Kier molecular flexibility index (Phi) is 4.55. The fourth-order valence-corrected chi connectivity index (χ4v) is 3.78. The maximum Gasteiger partial charge on any atom is 0.254 e. The lowest BCUT2D eigenvalue weighted by atomic mass is 9.89. The number of benzene rings is 1. The van der Waals surface area contributed by atoms with Crippen LogP contribution in [0.5, 0.6) is 0 Å². The number of carbonyl (C=O) groups excluding carboxylic acids is 3. The Morgan fingerprint density at radius 2 is 2.08 bits per heavy atom. The molecule has 6 nitrogen and oxygen atoms in total. The van der Waals surface area contributed by atoms with Crippen molar-refractivity contribution in [1.29, 1.82) is 0 Å². The number of nitrogens with zero attached hydrogens (tertiary/aromatic N) is 1. The van der Waals surface area contributed by atoms with Gasteiger partial charge in [-0.05, 0) is 30.5 Å². The molecular formula is C16H16Cl2N2O4. The first-order chi connectivity index (χ1) is 11.4. The number of nitrogens with two attached hydrogens (primary N) is 1. The summed E-state index contributed by atoms with van der Waals surface area (Å²) < 4.78 is 5.35. The van der Waals surface area contributed by atoms with Gasteiger partial charge in [-0.1, -0.05) is 29.3 Å². The number of hydrogen-bond donors (Lipinski definition) is 1. The molecular weight excluding hydrogens is 355 g/mol. The van der Waals surface area contributed by atoms with Crippen molar-refractivity contribution in [2.24, 2.45) is 5.73 Å². The van der Waals surface area contributed by atoms with Gasteiger partial charge in [0.05, 0.1) is 16.1 Å². The number of amides is 2. The molecule has 2 unspecified atom stereocenters. The van der Waals surface area contributed by atoms with Gasteiger partial charge in [-0.25, -0.2) is 0 Å². The Labute approximate surface area is 148 Å². The summed E-state index contributed by atoms with van der Waals surface area (Å²) in [7, 11) is 0. The van der Waals surface area contributed by atoms with Crippen molar-refractivity contribution in [2.45, 2.75) is 30.9 Å². The van der Waals surface area contributed by atoms with E-state index in [2.05, 4.69) is 0 Å². The maximum atomic E-state index is 12.6. The van der Waals surface area contributed by atoms with Gasteiger partial charge in [0.25, 0.3) is 5.91 Å². The number of ether oxygens (including phenoxy) is 1. The van der Waals surface area contributed by atoms with Crippen molar-refractivity contribution >= 4 is 40.8 Å². The fourth-order valence-electron chi connectivity index (χ4n) is 3.46. The van der Waals surface area contributed by atoms with Gasteiger partial charge < -0.3 is 15.4 Å². The van der Waals surface area contributed by atoms with Crippen molar-refractivity contribution in [1.82, 2.24) is 4.90 Å². The van der Waals surface area contributed by atoms with Crippen LogP contribution in [0.1, 0.15) is 18.4 Å². The number of ketones is 1. The Balaban J connectivity index is 1.76. The Hall–Kier alpha value is -1.63. The summed E-state index contributed by atoms with van der Waals surface area (Å²) in [6, 6.07) is 5.13. The third-order valence-corrected chi connectivity index (χ3v) is 5.37. The van der Waals surface area contributed by atoms with Gasteiger partial charge in [0.15, 0.2) is 5.78 Å². The summed E-state index contributed by atoms with van der Waals surface area (Å²) in [6.45, 7) is 0.0870. The molecule has 0 spiro atoms. The van der Waals surface area contributed by atoms with Crippen LogP contribution in [-0.2, 0) is 25.5 Å². The maximum absolute atomic E-state index is 12.6. The van der Waals surface area contributed by atoms with Crippen molar-refractivity contribution in [2.75, 3.05) is 13.2 Å². The van der Waals surface area contributed by atoms with Crippen LogP contribution in [0.2, 0.25) is 10.0 Å². The zero-order valence-electron chi connectivity index (χ0n) is 12.8. The summed E-state index contributed by atoms with van der Waals surface area (Å²) in [5, 5.41) is 0.853. The predicted octanol–water partition coefficient (Wildman–Crippen LogP) is 1.35. The molecule has 2 amide bonds. The Morgan fingerprint density at radius 3 is 2.75 bits per heavy atom. The molecule has 2 aliphatic rings. The highest BCUT2D eigenvalue weighted by Crippen LogP contribution is 2.38. The van der Waals surface area contributed by atoms with E-state index in [0.717, 1.165) is 5.56 Å². The zero-order chi connectivity index (χ0) is 17.5. The van der Waals surface area contributed by atoms with Crippen LogP contribution >= 0.6 is 23.2 Å². The van der Waals surface area contributed by atoms with E-state index in [9.17, 15) is 14.4 Å². The number of Topliss-reactive ketones (excluding diaryl/α,β-unsaturated/α-hetero) is 1. The number of carbonyl (C=O) groups is 3. The van der Waals surface area contributed by atoms with Crippen LogP contribution in [0, 0.1) is 0 Å². The largest absolute Gasteiger partial charge is 0.367 e. The van der Waals surface area contributed by atoms with E-state index < -0.39 is 23.3 Å². The first kappa shape index (κ1) is 17.2. The van der Waals surface area contributed by atoms with Crippen molar-refractivity contribution < 1.29 is 19.1 Å². The standard InChI is InChI=1S/C16H16Cl2N2O4/c17-10-3-1-9(7-11(10)18)2-4-14(22)20-6-5-13-16(20,15(19)23)12(21)8-24-13/h1,3,7,13H,2,4-6,8H2,(H2,19,23). The van der Waals surface area contributed by atoms with E-state index >= 15 is 0 Å². The van der Waals surface area contributed by atoms with Gasteiger partial charge in [-0.15, -0.1) is 0 Å². The van der Waals surface area contributed by atoms with E-state index in [1.54, 1.807) is 18.2 Å². The molecule has 24 heavy (non-hydrogen) atoms. The van der Waals surface area contributed by atoms with Gasteiger partial charge >= 0.3 is 0 Å². The second-order valence-corrected chi connectivity index (χ2v) is 6.75. The summed E-state index contributed by atoms with van der Waals surface area (Å²) in [4.78, 5) is 38.1. The average Bonchev–Trinajstić information content (AvgIpc) is 3.07. The molecule has 0 radical (unpaired) electrons. The molecule has 3 rings (SSSR count). The number of fused-ring (bicyclic) bond motifs is 1. The third-order valence-electron chi connectivity index (χ3n) is 4.64. The van der Waals surface area contributed by atoms with Crippen LogP contribution < -0.4 is 5.73 Å². The minimum atomic E-state index is -1.64. The van der Waals surface area contributed by atoms with Crippen LogP contribution in [0.4, 0.5) is 0 Å². The summed E-state index contributed by atoms with van der Waals surface area (Å²) in [5.74, 6) is -1.57. The SMILES string of the molecule is NC(=O)C12C(=O)COC1CCN2C(=O)CCc1ccc(Cl)c(Cl)c1. The number of hydrogen-bond acceptors (Lipinski definition) is 4. The lowest BCUT2D eigenvalue weighted by Crippen LogP contribution is -2.63. The molecule has 2 N–H and O–H groups in total. The van der Waals surface area contributed by atoms with Crippen LogP contribution in [0.15, 0.2) is 18.2 Å². The van der Waals surface area contributed by atoms with E-state index in [1.807, 2.05) is 0 Å². The highest BCUT2D eigenvalue weighted by atomic mass is 35.5. The number of halogens is 2. The van der Waals surface area contributed by atoms with Crippen LogP contribution in [0.25, 0.3) is 0 Å². The molecule has 2 fully saturated rings. The molecule has 0 aliphatic carbocycles. The monoisotopic (exact) mass is 370 g/mol. The molecule has 2 saturated heterocycles. The number of likely N-dealkylation sites (tertiary alicyclic amines) is 1. The van der Waals surface area contributed by atoms with Crippen molar-refractivity contribution in [3.05, 3.63) is 33.8 Å². The summed E-state index contributed by atoms with van der Waals surface area (Å²) in [5.41, 5.74) is 4.67. The molecule has 0 bridgehead atoms. The molecule has 2 atom stereocenters. The quantitative estimate of drug-likeness (QED) is 0.810. The lowest BCUT2D eigenvalue weighted by molar-refractivity contribution is -0.150. The minimum Gasteiger partial charge on any atom is -0.367 e. The number of primary amides is 1. The van der Waals surface area contributed by atoms with E-state index in [1.165, 1.54) is 4.90 Å². The normalized spacial score (nSPS) is 25.8. The van der Waals surface area contributed by atoms with Gasteiger partial charge in [-0.3, -0.25) is 14.4 Å². The van der Waals surface area contributed by atoms with E-state index in [4.69, 9.17) is 33.7 Å².